The normalized spacial score (nSPS) is 11.2. The molecule has 0 saturated carbocycles. The second-order valence-corrected chi connectivity index (χ2v) is 7.93. The molecular weight excluding hydrogens is 427 g/mol. The standard InChI is InChI=1S/C24H23FN4O4/c1-13(2)29-23-20(11-26-29)19(10-21(28-23)18-9-14(3)33-15(18)4)24(31)32-12-22(30)27-17-7-5-16(25)6-8-17/h5-11,13H,12H2,1-4H3,(H,27,30). The minimum absolute atomic E-state index is 0.0165. The number of furan rings is 1. The van der Waals surface area contributed by atoms with E-state index in [2.05, 4.69) is 10.4 Å². The number of anilines is 1. The van der Waals surface area contributed by atoms with E-state index in [1.807, 2.05) is 33.8 Å². The van der Waals surface area contributed by atoms with E-state index in [9.17, 15) is 14.0 Å². The third kappa shape index (κ3) is 4.62. The minimum atomic E-state index is -0.681. The van der Waals surface area contributed by atoms with Gasteiger partial charge in [-0.2, -0.15) is 5.10 Å². The Morgan fingerprint density at radius 1 is 1.18 bits per heavy atom. The minimum Gasteiger partial charge on any atom is -0.466 e. The van der Waals surface area contributed by atoms with Gasteiger partial charge < -0.3 is 14.5 Å². The summed E-state index contributed by atoms with van der Waals surface area (Å²) in [6.07, 6.45) is 1.56. The lowest BCUT2D eigenvalue weighted by atomic mass is 10.1. The number of benzene rings is 1. The Balaban J connectivity index is 1.62. The third-order valence-electron chi connectivity index (χ3n) is 5.06. The fourth-order valence-electron chi connectivity index (χ4n) is 3.53. The van der Waals surface area contributed by atoms with Crippen molar-refractivity contribution in [2.45, 2.75) is 33.7 Å². The van der Waals surface area contributed by atoms with E-state index in [1.54, 1.807) is 16.9 Å². The number of carbonyl (C=O) groups excluding carboxylic acids is 2. The highest BCUT2D eigenvalue weighted by molar-refractivity contribution is 6.05. The van der Waals surface area contributed by atoms with E-state index in [0.29, 0.717) is 28.2 Å². The maximum Gasteiger partial charge on any atom is 0.339 e. The summed E-state index contributed by atoms with van der Waals surface area (Å²) >= 11 is 0. The monoisotopic (exact) mass is 450 g/mol. The van der Waals surface area contributed by atoms with Gasteiger partial charge in [0.15, 0.2) is 12.3 Å². The number of hydrogen-bond donors (Lipinski definition) is 1. The number of aromatic nitrogens is 3. The lowest BCUT2D eigenvalue weighted by Crippen LogP contribution is -2.21. The van der Waals surface area contributed by atoms with Crippen LogP contribution in [-0.2, 0) is 9.53 Å². The predicted octanol–water partition coefficient (Wildman–Crippen LogP) is 4.82. The van der Waals surface area contributed by atoms with E-state index in [4.69, 9.17) is 14.1 Å². The molecule has 0 unspecified atom stereocenters. The van der Waals surface area contributed by atoms with Gasteiger partial charge in [-0.3, -0.25) is 4.79 Å². The van der Waals surface area contributed by atoms with Gasteiger partial charge in [-0.1, -0.05) is 0 Å². The third-order valence-corrected chi connectivity index (χ3v) is 5.06. The Morgan fingerprint density at radius 2 is 1.91 bits per heavy atom. The highest BCUT2D eigenvalue weighted by atomic mass is 19.1. The molecule has 1 N–H and O–H groups in total. The van der Waals surface area contributed by atoms with Crippen molar-refractivity contribution < 1.29 is 23.1 Å². The molecule has 0 bridgehead atoms. The van der Waals surface area contributed by atoms with Crippen LogP contribution in [0.3, 0.4) is 0 Å². The molecule has 4 aromatic rings. The zero-order chi connectivity index (χ0) is 23.7. The molecule has 9 heteroatoms. The number of ether oxygens (including phenoxy) is 1. The van der Waals surface area contributed by atoms with Crippen molar-refractivity contribution >= 4 is 28.6 Å². The number of nitrogens with zero attached hydrogens (tertiary/aromatic N) is 3. The molecule has 1 aromatic carbocycles. The molecule has 0 atom stereocenters. The maximum absolute atomic E-state index is 13.0. The number of halogens is 1. The van der Waals surface area contributed by atoms with Gasteiger partial charge in [0.2, 0.25) is 0 Å². The number of pyridine rings is 1. The Hall–Kier alpha value is -4.01. The van der Waals surface area contributed by atoms with Crippen molar-refractivity contribution in [1.82, 2.24) is 14.8 Å². The smallest absolute Gasteiger partial charge is 0.339 e. The molecule has 0 spiro atoms. The van der Waals surface area contributed by atoms with Crippen molar-refractivity contribution in [3.8, 4) is 11.3 Å². The number of rotatable bonds is 6. The van der Waals surface area contributed by atoms with Crippen molar-refractivity contribution in [3.05, 3.63) is 65.5 Å². The zero-order valence-corrected chi connectivity index (χ0v) is 18.7. The van der Waals surface area contributed by atoms with Crippen LogP contribution >= 0.6 is 0 Å². The average molecular weight is 450 g/mol. The van der Waals surface area contributed by atoms with Crippen LogP contribution in [0.4, 0.5) is 10.1 Å². The zero-order valence-electron chi connectivity index (χ0n) is 18.7. The van der Waals surface area contributed by atoms with Gasteiger partial charge in [0, 0.05) is 17.3 Å². The number of fused-ring (bicyclic) bond motifs is 1. The highest BCUT2D eigenvalue weighted by Gasteiger charge is 2.21. The second kappa shape index (κ2) is 8.85. The Bertz CT molecular complexity index is 1340. The van der Waals surface area contributed by atoms with Crippen LogP contribution < -0.4 is 5.32 Å². The van der Waals surface area contributed by atoms with E-state index in [-0.39, 0.29) is 11.6 Å². The molecule has 0 radical (unpaired) electrons. The fourth-order valence-corrected chi connectivity index (χ4v) is 3.53. The van der Waals surface area contributed by atoms with Gasteiger partial charge >= 0.3 is 5.97 Å². The Morgan fingerprint density at radius 3 is 2.55 bits per heavy atom. The number of nitrogens with one attached hydrogen (secondary N) is 1. The molecule has 0 aliphatic rings. The summed E-state index contributed by atoms with van der Waals surface area (Å²) in [6, 6.07) is 8.78. The van der Waals surface area contributed by atoms with E-state index >= 15 is 0 Å². The molecule has 33 heavy (non-hydrogen) atoms. The number of esters is 1. The summed E-state index contributed by atoms with van der Waals surface area (Å²) in [5.41, 5.74) is 2.48. The first-order chi connectivity index (χ1) is 15.7. The van der Waals surface area contributed by atoms with Crippen LogP contribution in [0, 0.1) is 19.7 Å². The van der Waals surface area contributed by atoms with Crippen molar-refractivity contribution in [1.29, 1.82) is 0 Å². The molecule has 8 nitrogen and oxygen atoms in total. The lowest BCUT2D eigenvalue weighted by molar-refractivity contribution is -0.119. The molecular formula is C24H23FN4O4. The molecule has 0 aliphatic heterocycles. The van der Waals surface area contributed by atoms with Crippen LogP contribution in [-0.4, -0.2) is 33.2 Å². The van der Waals surface area contributed by atoms with Crippen LogP contribution in [0.2, 0.25) is 0 Å². The second-order valence-electron chi connectivity index (χ2n) is 7.93. The summed E-state index contributed by atoms with van der Waals surface area (Å²) in [5.74, 6) is -0.239. The van der Waals surface area contributed by atoms with Gasteiger partial charge in [0.05, 0.1) is 22.8 Å². The molecule has 0 aliphatic carbocycles. The van der Waals surface area contributed by atoms with Gasteiger partial charge in [0.25, 0.3) is 5.91 Å². The summed E-state index contributed by atoms with van der Waals surface area (Å²) in [6.45, 7) is 7.09. The first-order valence-corrected chi connectivity index (χ1v) is 10.4. The summed E-state index contributed by atoms with van der Waals surface area (Å²) in [4.78, 5) is 29.9. The Kier molecular flexibility index (Phi) is 5.95. The summed E-state index contributed by atoms with van der Waals surface area (Å²) in [7, 11) is 0. The first-order valence-electron chi connectivity index (χ1n) is 10.4. The van der Waals surface area contributed by atoms with Crippen molar-refractivity contribution in [3.63, 3.8) is 0 Å². The fraction of sp³-hybridized carbons (Fsp3) is 0.250. The number of amides is 1. The highest BCUT2D eigenvalue weighted by Crippen LogP contribution is 2.30. The lowest BCUT2D eigenvalue weighted by Gasteiger charge is -2.10. The average Bonchev–Trinajstić information content (AvgIpc) is 3.35. The molecule has 0 saturated heterocycles. The maximum atomic E-state index is 13.0. The van der Waals surface area contributed by atoms with E-state index in [0.717, 1.165) is 11.3 Å². The SMILES string of the molecule is Cc1cc(-c2cc(C(=O)OCC(=O)Nc3ccc(F)cc3)c3cnn(C(C)C)c3n2)c(C)o1. The quantitative estimate of drug-likeness (QED) is 0.423. The van der Waals surface area contributed by atoms with Crippen LogP contribution in [0.5, 0.6) is 0 Å². The Labute approximate surface area is 189 Å². The predicted molar refractivity (Wildman–Crippen MR) is 120 cm³/mol. The van der Waals surface area contributed by atoms with E-state index in [1.165, 1.54) is 24.3 Å². The molecule has 170 valence electrons. The van der Waals surface area contributed by atoms with Crippen LogP contribution in [0.25, 0.3) is 22.3 Å². The number of carbonyl (C=O) groups is 2. The molecule has 3 heterocycles. The van der Waals surface area contributed by atoms with Gasteiger partial charge in [-0.15, -0.1) is 0 Å². The number of hydrogen-bond acceptors (Lipinski definition) is 6. The van der Waals surface area contributed by atoms with Crippen LogP contribution in [0.1, 0.15) is 41.8 Å². The van der Waals surface area contributed by atoms with E-state index < -0.39 is 24.3 Å². The first kappa shape index (κ1) is 22.2. The van der Waals surface area contributed by atoms with Crippen LogP contribution in [0.15, 0.2) is 47.0 Å². The van der Waals surface area contributed by atoms with Gasteiger partial charge in [0.1, 0.15) is 17.3 Å². The molecule has 0 fully saturated rings. The van der Waals surface area contributed by atoms with Gasteiger partial charge in [-0.25, -0.2) is 18.9 Å². The number of aryl methyl sites for hydroxylation is 2. The molecule has 4 rings (SSSR count). The molecule has 1 amide bonds. The van der Waals surface area contributed by atoms with Gasteiger partial charge in [-0.05, 0) is 64.1 Å². The molecule has 3 aromatic heterocycles. The topological polar surface area (TPSA) is 99.2 Å². The van der Waals surface area contributed by atoms with Crippen molar-refractivity contribution in [2.75, 3.05) is 11.9 Å². The summed E-state index contributed by atoms with van der Waals surface area (Å²) < 4.78 is 25.7. The van der Waals surface area contributed by atoms with Crippen molar-refractivity contribution in [2.24, 2.45) is 0 Å². The summed E-state index contributed by atoms with van der Waals surface area (Å²) in [5, 5.41) is 7.45. The largest absolute Gasteiger partial charge is 0.466 e.